The minimum absolute atomic E-state index is 0.654. The molecule has 0 saturated carbocycles. The van der Waals surface area contributed by atoms with Crippen molar-refractivity contribution in [1.29, 1.82) is 0 Å². The second-order valence-corrected chi connectivity index (χ2v) is 5.12. The van der Waals surface area contributed by atoms with Gasteiger partial charge >= 0.3 is 0 Å². The maximum absolute atomic E-state index is 5.92. The van der Waals surface area contributed by atoms with Crippen LogP contribution in [-0.2, 0) is 6.54 Å². The van der Waals surface area contributed by atoms with Gasteiger partial charge in [-0.3, -0.25) is 9.97 Å². The number of rotatable bonds is 4. The Morgan fingerprint density at radius 3 is 2.48 bits per heavy atom. The normalized spacial score (nSPS) is 10.3. The number of nitrogens with one attached hydrogen (secondary N) is 1. The van der Waals surface area contributed by atoms with Gasteiger partial charge in [0, 0.05) is 37.0 Å². The van der Waals surface area contributed by atoms with Crippen molar-refractivity contribution in [3.63, 3.8) is 0 Å². The van der Waals surface area contributed by atoms with Crippen molar-refractivity contribution in [2.45, 2.75) is 6.54 Å². The second kappa shape index (κ2) is 6.37. The minimum Gasteiger partial charge on any atom is -0.381 e. The zero-order chi connectivity index (χ0) is 14.5. The van der Waals surface area contributed by atoms with Gasteiger partial charge in [-0.15, -0.1) is 0 Å². The van der Waals surface area contributed by atoms with Crippen molar-refractivity contribution in [3.8, 4) is 11.1 Å². The molecule has 2 aromatic heterocycles. The van der Waals surface area contributed by atoms with Crippen LogP contribution in [0.15, 0.2) is 67.3 Å². The molecule has 0 atom stereocenters. The largest absolute Gasteiger partial charge is 0.381 e. The highest BCUT2D eigenvalue weighted by Crippen LogP contribution is 2.20. The van der Waals surface area contributed by atoms with E-state index in [1.807, 2.05) is 30.6 Å². The number of aromatic nitrogens is 2. The van der Waals surface area contributed by atoms with Crippen LogP contribution in [0.3, 0.4) is 0 Å². The fourth-order valence-electron chi connectivity index (χ4n) is 2.07. The second-order valence-electron chi connectivity index (χ2n) is 4.68. The lowest BCUT2D eigenvalue weighted by molar-refractivity contribution is 1.11. The third-order valence-electron chi connectivity index (χ3n) is 3.14. The van der Waals surface area contributed by atoms with Crippen LogP contribution >= 0.6 is 11.6 Å². The summed E-state index contributed by atoms with van der Waals surface area (Å²) >= 11 is 5.92. The zero-order valence-corrected chi connectivity index (χ0v) is 12.1. The van der Waals surface area contributed by atoms with Crippen molar-refractivity contribution in [2.24, 2.45) is 0 Å². The fraction of sp³-hybridized carbons (Fsp3) is 0.0588. The fourth-order valence-corrected chi connectivity index (χ4v) is 2.27. The molecule has 0 bridgehead atoms. The first-order chi connectivity index (χ1) is 10.3. The number of pyridine rings is 2. The molecular weight excluding hydrogens is 282 g/mol. The van der Waals surface area contributed by atoms with Gasteiger partial charge in [0.05, 0.1) is 5.02 Å². The Morgan fingerprint density at radius 1 is 0.905 bits per heavy atom. The van der Waals surface area contributed by atoms with E-state index in [0.717, 1.165) is 22.4 Å². The van der Waals surface area contributed by atoms with Crippen molar-refractivity contribution in [3.05, 3.63) is 77.8 Å². The summed E-state index contributed by atoms with van der Waals surface area (Å²) in [6.07, 6.45) is 7.08. The van der Waals surface area contributed by atoms with Gasteiger partial charge in [-0.2, -0.15) is 0 Å². The number of benzene rings is 1. The Balaban J connectivity index is 1.68. The van der Waals surface area contributed by atoms with E-state index in [4.69, 9.17) is 11.6 Å². The Morgan fingerprint density at radius 2 is 1.76 bits per heavy atom. The topological polar surface area (TPSA) is 37.8 Å². The molecule has 4 heteroatoms. The summed E-state index contributed by atoms with van der Waals surface area (Å²) in [6, 6.07) is 14.2. The predicted molar refractivity (Wildman–Crippen MR) is 86.2 cm³/mol. The molecule has 1 N–H and O–H groups in total. The van der Waals surface area contributed by atoms with Crippen molar-refractivity contribution < 1.29 is 0 Å². The quantitative estimate of drug-likeness (QED) is 0.775. The summed E-state index contributed by atoms with van der Waals surface area (Å²) in [5, 5.41) is 4.01. The van der Waals surface area contributed by atoms with Crippen LogP contribution in [0.1, 0.15) is 5.56 Å². The first-order valence-electron chi connectivity index (χ1n) is 6.65. The molecule has 2 heterocycles. The highest BCUT2D eigenvalue weighted by molar-refractivity contribution is 6.30. The minimum atomic E-state index is 0.654. The molecule has 0 amide bonds. The van der Waals surface area contributed by atoms with Crippen LogP contribution in [0.25, 0.3) is 11.1 Å². The Kier molecular flexibility index (Phi) is 4.12. The molecule has 21 heavy (non-hydrogen) atoms. The van der Waals surface area contributed by atoms with Crippen molar-refractivity contribution in [2.75, 3.05) is 5.32 Å². The molecule has 0 unspecified atom stereocenters. The van der Waals surface area contributed by atoms with Crippen LogP contribution in [-0.4, -0.2) is 9.97 Å². The van der Waals surface area contributed by atoms with Crippen LogP contribution in [0, 0.1) is 0 Å². The molecule has 104 valence electrons. The van der Waals surface area contributed by atoms with E-state index in [2.05, 4.69) is 39.6 Å². The molecule has 0 fully saturated rings. The predicted octanol–water partition coefficient (Wildman–Crippen LogP) is 4.41. The number of hydrogen-bond donors (Lipinski definition) is 1. The molecule has 3 aromatic rings. The highest BCUT2D eigenvalue weighted by atomic mass is 35.5. The van der Waals surface area contributed by atoms with Gasteiger partial charge in [-0.05, 0) is 41.0 Å². The van der Waals surface area contributed by atoms with Crippen LogP contribution in [0.2, 0.25) is 5.02 Å². The summed E-state index contributed by atoms with van der Waals surface area (Å²) in [4.78, 5) is 8.20. The third-order valence-corrected chi connectivity index (χ3v) is 3.34. The molecule has 3 rings (SSSR count). The van der Waals surface area contributed by atoms with E-state index in [1.165, 1.54) is 0 Å². The number of anilines is 1. The SMILES string of the molecule is Clc1cncc(CNc2ccc(-c3cccnc3)cc2)c1. The van der Waals surface area contributed by atoms with Gasteiger partial charge in [0.15, 0.2) is 0 Å². The zero-order valence-electron chi connectivity index (χ0n) is 11.3. The van der Waals surface area contributed by atoms with E-state index in [1.54, 1.807) is 12.4 Å². The van der Waals surface area contributed by atoms with Crippen molar-refractivity contribution in [1.82, 2.24) is 9.97 Å². The number of nitrogens with zero attached hydrogens (tertiary/aromatic N) is 2. The maximum Gasteiger partial charge on any atom is 0.0592 e. The summed E-state index contributed by atoms with van der Waals surface area (Å²) in [7, 11) is 0. The van der Waals surface area contributed by atoms with Gasteiger partial charge < -0.3 is 5.32 Å². The molecule has 1 aromatic carbocycles. The third kappa shape index (κ3) is 3.58. The average Bonchev–Trinajstić information content (AvgIpc) is 2.54. The highest BCUT2D eigenvalue weighted by Gasteiger charge is 1.99. The first-order valence-corrected chi connectivity index (χ1v) is 7.03. The van der Waals surface area contributed by atoms with E-state index < -0.39 is 0 Å². The Hall–Kier alpha value is -2.39. The van der Waals surface area contributed by atoms with Crippen LogP contribution in [0.4, 0.5) is 5.69 Å². The molecule has 0 aliphatic rings. The van der Waals surface area contributed by atoms with Crippen LogP contribution in [0.5, 0.6) is 0 Å². The Labute approximate surface area is 128 Å². The van der Waals surface area contributed by atoms with Gasteiger partial charge in [-0.1, -0.05) is 29.8 Å². The average molecular weight is 296 g/mol. The van der Waals surface area contributed by atoms with E-state index in [9.17, 15) is 0 Å². The van der Waals surface area contributed by atoms with Gasteiger partial charge in [0.2, 0.25) is 0 Å². The lowest BCUT2D eigenvalue weighted by atomic mass is 10.1. The molecule has 0 radical (unpaired) electrons. The summed E-state index contributed by atoms with van der Waals surface area (Å²) < 4.78 is 0. The van der Waals surface area contributed by atoms with E-state index in [0.29, 0.717) is 11.6 Å². The van der Waals surface area contributed by atoms with Gasteiger partial charge in [0.25, 0.3) is 0 Å². The summed E-state index contributed by atoms with van der Waals surface area (Å²) in [6.45, 7) is 0.694. The van der Waals surface area contributed by atoms with Crippen LogP contribution < -0.4 is 5.32 Å². The van der Waals surface area contributed by atoms with Gasteiger partial charge in [-0.25, -0.2) is 0 Å². The maximum atomic E-state index is 5.92. The Bertz CT molecular complexity index is 712. The monoisotopic (exact) mass is 295 g/mol. The first kappa shape index (κ1) is 13.6. The standard InChI is InChI=1S/C17H14ClN3/c18-16-8-13(9-20-12-16)10-21-17-5-3-14(4-6-17)15-2-1-7-19-11-15/h1-9,11-12,21H,10H2. The summed E-state index contributed by atoms with van der Waals surface area (Å²) in [5.74, 6) is 0. The lowest BCUT2D eigenvalue weighted by Gasteiger charge is -2.08. The molecule has 0 aliphatic heterocycles. The van der Waals surface area contributed by atoms with Crippen molar-refractivity contribution >= 4 is 17.3 Å². The van der Waals surface area contributed by atoms with Gasteiger partial charge in [0.1, 0.15) is 0 Å². The molecule has 0 saturated heterocycles. The molecule has 3 nitrogen and oxygen atoms in total. The summed E-state index contributed by atoms with van der Waals surface area (Å²) in [5.41, 5.74) is 4.38. The smallest absolute Gasteiger partial charge is 0.0592 e. The van der Waals surface area contributed by atoms with E-state index >= 15 is 0 Å². The number of hydrogen-bond acceptors (Lipinski definition) is 3. The molecule has 0 spiro atoms. The van der Waals surface area contributed by atoms with E-state index in [-0.39, 0.29) is 0 Å². The molecule has 0 aliphatic carbocycles. The molecular formula is C17H14ClN3. The lowest BCUT2D eigenvalue weighted by Crippen LogP contribution is -1.99. The number of halogens is 1.